The molecule has 3 heterocycles. The van der Waals surface area contributed by atoms with Crippen LogP contribution in [0.3, 0.4) is 0 Å². The Labute approximate surface area is 96.4 Å². The zero-order valence-electron chi connectivity index (χ0n) is 9.65. The van der Waals surface area contributed by atoms with Gasteiger partial charge in [0, 0.05) is 12.1 Å². The van der Waals surface area contributed by atoms with Crippen LogP contribution in [0.2, 0.25) is 0 Å². The fraction of sp³-hybridized carbons (Fsp3) is 0.917. The molecule has 3 aliphatic rings. The van der Waals surface area contributed by atoms with Gasteiger partial charge in [0.2, 0.25) is 5.90 Å². The largest absolute Gasteiger partial charge is 0.479 e. The van der Waals surface area contributed by atoms with E-state index in [0.29, 0.717) is 6.61 Å². The Morgan fingerprint density at radius 1 is 1.31 bits per heavy atom. The lowest BCUT2D eigenvalue weighted by Gasteiger charge is -2.28. The molecule has 0 aliphatic carbocycles. The lowest BCUT2D eigenvalue weighted by molar-refractivity contribution is 0.169. The summed E-state index contributed by atoms with van der Waals surface area (Å²) in [5, 5.41) is 7.51. The van der Waals surface area contributed by atoms with Crippen LogP contribution < -0.4 is 5.32 Å². The molecule has 90 valence electrons. The summed E-state index contributed by atoms with van der Waals surface area (Å²) in [6.45, 7) is 1.50. The van der Waals surface area contributed by atoms with Crippen molar-refractivity contribution < 1.29 is 9.57 Å². The van der Waals surface area contributed by atoms with Crippen LogP contribution in [0.5, 0.6) is 0 Å². The molecule has 0 radical (unpaired) electrons. The molecular weight excluding hydrogens is 204 g/mol. The first kappa shape index (κ1) is 10.4. The van der Waals surface area contributed by atoms with Crippen molar-refractivity contribution in [1.82, 2.24) is 5.32 Å². The van der Waals surface area contributed by atoms with Crippen molar-refractivity contribution in [2.24, 2.45) is 11.1 Å². The van der Waals surface area contributed by atoms with Crippen molar-refractivity contribution in [3.63, 3.8) is 0 Å². The molecule has 0 aromatic rings. The number of piperidine rings is 1. The first-order valence-corrected chi connectivity index (χ1v) is 6.48. The first-order chi connectivity index (χ1) is 7.90. The Morgan fingerprint density at radius 3 is 2.81 bits per heavy atom. The molecular formula is C12H20N2O2. The smallest absolute Gasteiger partial charge is 0.229 e. The quantitative estimate of drug-likeness (QED) is 0.792. The van der Waals surface area contributed by atoms with Crippen LogP contribution in [0.25, 0.3) is 0 Å². The number of oxime groups is 1. The number of ether oxygens (including phenoxy) is 1. The number of hydrogen-bond donors (Lipinski definition) is 1. The fourth-order valence-electron chi connectivity index (χ4n) is 3.15. The number of nitrogens with zero attached hydrogens (tertiary/aromatic N) is 1. The molecule has 2 fully saturated rings. The first-order valence-electron chi connectivity index (χ1n) is 6.48. The standard InChI is InChI=1S/C12H20N2O2/c1-2-11-8-9(7-10(1)13-11)3-5-15-12-4-6-16-14-12/h9-11,13H,1-8H2. The number of rotatable bonds is 3. The topological polar surface area (TPSA) is 42.8 Å². The maximum atomic E-state index is 5.60. The lowest BCUT2D eigenvalue weighted by atomic mass is 9.90. The Kier molecular flexibility index (Phi) is 3.00. The highest BCUT2D eigenvalue weighted by molar-refractivity contribution is 5.76. The molecule has 0 saturated carbocycles. The van der Waals surface area contributed by atoms with Crippen molar-refractivity contribution in [3.05, 3.63) is 0 Å². The van der Waals surface area contributed by atoms with Crippen LogP contribution >= 0.6 is 0 Å². The summed E-state index contributed by atoms with van der Waals surface area (Å²) in [6, 6.07) is 1.58. The second-order valence-electron chi connectivity index (χ2n) is 5.18. The second-order valence-corrected chi connectivity index (χ2v) is 5.18. The van der Waals surface area contributed by atoms with E-state index in [1.807, 2.05) is 0 Å². The number of fused-ring (bicyclic) bond motifs is 2. The van der Waals surface area contributed by atoms with E-state index in [4.69, 9.17) is 9.57 Å². The third-order valence-electron chi connectivity index (χ3n) is 3.94. The van der Waals surface area contributed by atoms with Crippen LogP contribution in [0, 0.1) is 5.92 Å². The molecule has 2 unspecified atom stereocenters. The van der Waals surface area contributed by atoms with Gasteiger partial charge >= 0.3 is 0 Å². The Balaban J connectivity index is 1.39. The summed E-state index contributed by atoms with van der Waals surface area (Å²) in [7, 11) is 0. The second kappa shape index (κ2) is 4.62. The van der Waals surface area contributed by atoms with Gasteiger partial charge in [-0.15, -0.1) is 0 Å². The zero-order chi connectivity index (χ0) is 10.8. The Hall–Kier alpha value is -0.770. The van der Waals surface area contributed by atoms with E-state index >= 15 is 0 Å². The maximum absolute atomic E-state index is 5.60. The van der Waals surface area contributed by atoms with Crippen molar-refractivity contribution in [3.8, 4) is 0 Å². The van der Waals surface area contributed by atoms with Crippen molar-refractivity contribution in [1.29, 1.82) is 0 Å². The predicted octanol–water partition coefficient (Wildman–Crippen LogP) is 1.66. The minimum Gasteiger partial charge on any atom is -0.479 e. The Morgan fingerprint density at radius 2 is 2.12 bits per heavy atom. The van der Waals surface area contributed by atoms with E-state index in [1.54, 1.807) is 0 Å². The molecule has 0 aromatic heterocycles. The summed E-state index contributed by atoms with van der Waals surface area (Å²) in [5.41, 5.74) is 0. The highest BCUT2D eigenvalue weighted by atomic mass is 16.7. The average molecular weight is 224 g/mol. The molecule has 2 saturated heterocycles. The molecule has 3 rings (SSSR count). The molecule has 0 aromatic carbocycles. The van der Waals surface area contributed by atoms with Gasteiger partial charge in [0.1, 0.15) is 6.61 Å². The summed E-state index contributed by atoms with van der Waals surface area (Å²) in [5.74, 6) is 1.64. The van der Waals surface area contributed by atoms with E-state index in [9.17, 15) is 0 Å². The predicted molar refractivity (Wildman–Crippen MR) is 61.2 cm³/mol. The van der Waals surface area contributed by atoms with Gasteiger partial charge in [-0.2, -0.15) is 0 Å². The van der Waals surface area contributed by atoms with E-state index in [0.717, 1.165) is 36.9 Å². The molecule has 0 amide bonds. The van der Waals surface area contributed by atoms with E-state index in [2.05, 4.69) is 10.5 Å². The Bertz CT molecular complexity index is 268. The number of hydrogen-bond acceptors (Lipinski definition) is 4. The molecule has 2 atom stereocenters. The van der Waals surface area contributed by atoms with Crippen LogP contribution in [-0.4, -0.2) is 31.2 Å². The molecule has 3 aliphatic heterocycles. The summed E-state index contributed by atoms with van der Waals surface area (Å²) in [6.07, 6.45) is 7.45. The molecule has 16 heavy (non-hydrogen) atoms. The van der Waals surface area contributed by atoms with Gasteiger partial charge in [0.25, 0.3) is 0 Å². The van der Waals surface area contributed by atoms with Crippen molar-refractivity contribution in [2.45, 2.75) is 50.6 Å². The normalized spacial score (nSPS) is 37.0. The number of nitrogens with one attached hydrogen (secondary N) is 1. The minimum atomic E-state index is 0.687. The van der Waals surface area contributed by atoms with Crippen LogP contribution in [0.15, 0.2) is 5.16 Å². The third-order valence-corrected chi connectivity index (χ3v) is 3.94. The highest BCUT2D eigenvalue weighted by Gasteiger charge is 2.33. The molecule has 4 nitrogen and oxygen atoms in total. The fourth-order valence-corrected chi connectivity index (χ4v) is 3.15. The van der Waals surface area contributed by atoms with E-state index in [1.165, 1.54) is 32.1 Å². The summed E-state index contributed by atoms with van der Waals surface area (Å²) >= 11 is 0. The van der Waals surface area contributed by atoms with Crippen molar-refractivity contribution >= 4 is 5.90 Å². The maximum Gasteiger partial charge on any atom is 0.229 e. The van der Waals surface area contributed by atoms with Crippen LogP contribution in [0.4, 0.5) is 0 Å². The van der Waals surface area contributed by atoms with Gasteiger partial charge in [-0.1, -0.05) is 5.16 Å². The molecule has 0 spiro atoms. The highest BCUT2D eigenvalue weighted by Crippen LogP contribution is 2.32. The summed E-state index contributed by atoms with van der Waals surface area (Å²) < 4.78 is 5.60. The molecule has 2 bridgehead atoms. The average Bonchev–Trinajstić information content (AvgIpc) is 2.89. The van der Waals surface area contributed by atoms with Gasteiger partial charge in [-0.05, 0) is 38.0 Å². The van der Waals surface area contributed by atoms with E-state index < -0.39 is 0 Å². The van der Waals surface area contributed by atoms with Crippen LogP contribution in [-0.2, 0) is 9.57 Å². The van der Waals surface area contributed by atoms with Gasteiger partial charge in [-0.3, -0.25) is 0 Å². The molecule has 1 N–H and O–H groups in total. The lowest BCUT2D eigenvalue weighted by Crippen LogP contribution is -2.38. The molecule has 4 heteroatoms. The monoisotopic (exact) mass is 224 g/mol. The van der Waals surface area contributed by atoms with Gasteiger partial charge < -0.3 is 14.9 Å². The van der Waals surface area contributed by atoms with Crippen molar-refractivity contribution in [2.75, 3.05) is 13.2 Å². The van der Waals surface area contributed by atoms with Gasteiger partial charge in [0.15, 0.2) is 0 Å². The third kappa shape index (κ3) is 2.32. The SMILES string of the molecule is C1CC(OCCC2CC3CCC(C2)N3)=NO1. The van der Waals surface area contributed by atoms with E-state index in [-0.39, 0.29) is 0 Å². The zero-order valence-corrected chi connectivity index (χ0v) is 9.65. The van der Waals surface area contributed by atoms with Crippen LogP contribution in [0.1, 0.15) is 38.5 Å². The van der Waals surface area contributed by atoms with Gasteiger partial charge in [-0.25, -0.2) is 0 Å². The summed E-state index contributed by atoms with van der Waals surface area (Å²) in [4.78, 5) is 4.90. The minimum absolute atomic E-state index is 0.687. The van der Waals surface area contributed by atoms with Gasteiger partial charge in [0.05, 0.1) is 13.0 Å².